The van der Waals surface area contributed by atoms with Gasteiger partial charge in [0.25, 0.3) is 0 Å². The molecule has 3 unspecified atom stereocenters. The molecule has 4 rings (SSSR count). The monoisotopic (exact) mass is 353 g/mol. The van der Waals surface area contributed by atoms with Gasteiger partial charge in [0.2, 0.25) is 0 Å². The molecule has 2 aromatic carbocycles. The highest BCUT2D eigenvalue weighted by molar-refractivity contribution is 5.61. The number of allylic oxidation sites excluding steroid dienone is 2. The fraction of sp³-hybridized carbons (Fsp3) is 0.364. The van der Waals surface area contributed by atoms with Crippen LogP contribution in [0.3, 0.4) is 0 Å². The van der Waals surface area contributed by atoms with Crippen LogP contribution in [0.2, 0.25) is 0 Å². The van der Waals surface area contributed by atoms with Crippen molar-refractivity contribution < 1.29 is 13.9 Å². The number of hydrogen-bond acceptors (Lipinski definition) is 3. The first-order valence-corrected chi connectivity index (χ1v) is 9.29. The van der Waals surface area contributed by atoms with E-state index in [1.54, 1.807) is 12.1 Å². The Morgan fingerprint density at radius 1 is 1.12 bits per heavy atom. The average molecular weight is 353 g/mol. The molecule has 1 N–H and O–H groups in total. The zero-order chi connectivity index (χ0) is 17.9. The Morgan fingerprint density at radius 2 is 1.96 bits per heavy atom. The summed E-state index contributed by atoms with van der Waals surface area (Å²) < 4.78 is 24.5. The normalized spacial score (nSPS) is 23.2. The summed E-state index contributed by atoms with van der Waals surface area (Å²) in [5, 5.41) is 3.67. The molecule has 3 atom stereocenters. The van der Waals surface area contributed by atoms with E-state index in [-0.39, 0.29) is 11.9 Å². The van der Waals surface area contributed by atoms with Gasteiger partial charge in [0.1, 0.15) is 18.2 Å². The lowest BCUT2D eigenvalue weighted by molar-refractivity contribution is 0.110. The Balaban J connectivity index is 1.57. The molecule has 3 nitrogen and oxygen atoms in total. The molecule has 1 aliphatic carbocycles. The van der Waals surface area contributed by atoms with Crippen molar-refractivity contribution in [2.24, 2.45) is 5.92 Å². The Bertz CT molecular complexity index is 787. The molecule has 2 aliphatic rings. The molecule has 136 valence electrons. The van der Waals surface area contributed by atoms with E-state index in [0.717, 1.165) is 23.4 Å². The molecule has 0 fully saturated rings. The highest BCUT2D eigenvalue weighted by Gasteiger charge is 2.38. The standard InChI is InChI=1S/C22H24FNO2/c1-2-25-12-13-26-17-10-11-21-20(14-17)18-4-3-5-19(18)22(24-21)15-6-8-16(23)9-7-15/h3-4,6-11,14,18-19,22,24H,2,5,12-13H2,1H3. The minimum Gasteiger partial charge on any atom is -0.491 e. The van der Waals surface area contributed by atoms with Crippen LogP contribution in [-0.2, 0) is 4.74 Å². The van der Waals surface area contributed by atoms with E-state index in [4.69, 9.17) is 9.47 Å². The summed E-state index contributed by atoms with van der Waals surface area (Å²) in [7, 11) is 0. The quantitative estimate of drug-likeness (QED) is 0.581. The van der Waals surface area contributed by atoms with Gasteiger partial charge in [-0.2, -0.15) is 0 Å². The highest BCUT2D eigenvalue weighted by Crippen LogP contribution is 2.50. The van der Waals surface area contributed by atoms with Crippen molar-refractivity contribution >= 4 is 5.69 Å². The smallest absolute Gasteiger partial charge is 0.123 e. The number of rotatable bonds is 6. The number of hydrogen-bond donors (Lipinski definition) is 1. The van der Waals surface area contributed by atoms with Gasteiger partial charge < -0.3 is 14.8 Å². The Labute approximate surface area is 153 Å². The van der Waals surface area contributed by atoms with E-state index < -0.39 is 0 Å². The zero-order valence-corrected chi connectivity index (χ0v) is 15.0. The van der Waals surface area contributed by atoms with Gasteiger partial charge in [-0.05, 0) is 60.7 Å². The Morgan fingerprint density at radius 3 is 2.77 bits per heavy atom. The van der Waals surface area contributed by atoms with Crippen molar-refractivity contribution in [2.45, 2.75) is 25.3 Å². The van der Waals surface area contributed by atoms with E-state index in [0.29, 0.717) is 31.7 Å². The molecule has 0 aromatic heterocycles. The third-order valence-electron chi connectivity index (χ3n) is 5.26. The molecule has 0 amide bonds. The van der Waals surface area contributed by atoms with E-state index in [1.807, 2.05) is 25.1 Å². The zero-order valence-electron chi connectivity index (χ0n) is 15.0. The van der Waals surface area contributed by atoms with Crippen molar-refractivity contribution in [2.75, 3.05) is 25.1 Å². The fourth-order valence-electron chi connectivity index (χ4n) is 4.03. The number of ether oxygens (including phenoxy) is 2. The second-order valence-electron chi connectivity index (χ2n) is 6.82. The summed E-state index contributed by atoms with van der Waals surface area (Å²) in [5.41, 5.74) is 3.54. The first-order chi connectivity index (χ1) is 12.8. The third kappa shape index (κ3) is 3.34. The molecule has 0 bridgehead atoms. The molecular weight excluding hydrogens is 329 g/mol. The Hall–Kier alpha value is -2.33. The highest BCUT2D eigenvalue weighted by atomic mass is 19.1. The van der Waals surface area contributed by atoms with Gasteiger partial charge >= 0.3 is 0 Å². The van der Waals surface area contributed by atoms with E-state index >= 15 is 0 Å². The number of nitrogens with one attached hydrogen (secondary N) is 1. The molecule has 0 radical (unpaired) electrons. The van der Waals surface area contributed by atoms with Crippen molar-refractivity contribution in [1.82, 2.24) is 0 Å². The van der Waals surface area contributed by atoms with Crippen LogP contribution in [0.4, 0.5) is 10.1 Å². The molecule has 1 aliphatic heterocycles. The van der Waals surface area contributed by atoms with E-state index in [2.05, 4.69) is 29.6 Å². The van der Waals surface area contributed by atoms with Gasteiger partial charge in [-0.3, -0.25) is 0 Å². The van der Waals surface area contributed by atoms with Crippen LogP contribution < -0.4 is 10.1 Å². The summed E-state index contributed by atoms with van der Waals surface area (Å²) >= 11 is 0. The van der Waals surface area contributed by atoms with Crippen molar-refractivity contribution in [3.05, 3.63) is 71.6 Å². The fourth-order valence-corrected chi connectivity index (χ4v) is 4.03. The van der Waals surface area contributed by atoms with Crippen LogP contribution in [0.25, 0.3) is 0 Å². The van der Waals surface area contributed by atoms with E-state index in [1.165, 1.54) is 5.56 Å². The van der Waals surface area contributed by atoms with Gasteiger partial charge in [-0.1, -0.05) is 24.3 Å². The topological polar surface area (TPSA) is 30.5 Å². The predicted molar refractivity (Wildman–Crippen MR) is 101 cm³/mol. The minimum absolute atomic E-state index is 0.188. The number of halogens is 1. The maximum Gasteiger partial charge on any atom is 0.123 e. The lowest BCUT2D eigenvalue weighted by Crippen LogP contribution is -2.29. The number of benzene rings is 2. The largest absolute Gasteiger partial charge is 0.491 e. The molecule has 2 aromatic rings. The first kappa shape index (κ1) is 17.1. The van der Waals surface area contributed by atoms with Gasteiger partial charge in [0.15, 0.2) is 0 Å². The van der Waals surface area contributed by atoms with Crippen molar-refractivity contribution in [3.8, 4) is 5.75 Å². The predicted octanol–water partition coefficient (Wildman–Crippen LogP) is 5.07. The molecule has 4 heteroatoms. The Kier molecular flexibility index (Phi) is 4.93. The molecule has 1 heterocycles. The molecule has 0 saturated heterocycles. The second kappa shape index (κ2) is 7.50. The maximum atomic E-state index is 13.3. The summed E-state index contributed by atoms with van der Waals surface area (Å²) in [6.45, 7) is 3.85. The SMILES string of the molecule is CCOCCOc1ccc2c(c1)C1C=CCC1C(c1ccc(F)cc1)N2. The van der Waals surface area contributed by atoms with Crippen LogP contribution in [0, 0.1) is 11.7 Å². The maximum absolute atomic E-state index is 13.3. The molecule has 26 heavy (non-hydrogen) atoms. The number of fused-ring (bicyclic) bond motifs is 3. The summed E-state index contributed by atoms with van der Waals surface area (Å²) in [4.78, 5) is 0. The van der Waals surface area contributed by atoms with Crippen LogP contribution in [0.15, 0.2) is 54.6 Å². The van der Waals surface area contributed by atoms with Crippen LogP contribution in [0.5, 0.6) is 5.75 Å². The average Bonchev–Trinajstić information content (AvgIpc) is 3.15. The van der Waals surface area contributed by atoms with Crippen LogP contribution in [0.1, 0.15) is 36.4 Å². The first-order valence-electron chi connectivity index (χ1n) is 9.29. The second-order valence-corrected chi connectivity index (χ2v) is 6.82. The van der Waals surface area contributed by atoms with Crippen molar-refractivity contribution in [1.29, 1.82) is 0 Å². The van der Waals surface area contributed by atoms with Gasteiger partial charge in [-0.15, -0.1) is 0 Å². The number of anilines is 1. The minimum atomic E-state index is -0.195. The summed E-state index contributed by atoms with van der Waals surface area (Å²) in [6.07, 6.45) is 5.57. The molecule has 0 saturated carbocycles. The van der Waals surface area contributed by atoms with Crippen molar-refractivity contribution in [3.63, 3.8) is 0 Å². The third-order valence-corrected chi connectivity index (χ3v) is 5.26. The van der Waals surface area contributed by atoms with Gasteiger partial charge in [-0.25, -0.2) is 4.39 Å². The lowest BCUT2D eigenvalue weighted by Gasteiger charge is -2.37. The summed E-state index contributed by atoms with van der Waals surface area (Å²) in [5.74, 6) is 1.48. The summed E-state index contributed by atoms with van der Waals surface area (Å²) in [6, 6.07) is 13.3. The van der Waals surface area contributed by atoms with Crippen LogP contribution in [-0.4, -0.2) is 19.8 Å². The van der Waals surface area contributed by atoms with Crippen LogP contribution >= 0.6 is 0 Å². The van der Waals surface area contributed by atoms with Gasteiger partial charge in [0, 0.05) is 18.2 Å². The van der Waals surface area contributed by atoms with Gasteiger partial charge in [0.05, 0.1) is 12.6 Å². The van der Waals surface area contributed by atoms with E-state index in [9.17, 15) is 4.39 Å². The molecule has 0 spiro atoms. The lowest BCUT2D eigenvalue weighted by atomic mass is 9.77. The molecular formula is C22H24FNO2.